The second-order valence-corrected chi connectivity index (χ2v) is 3.31. The van der Waals surface area contributed by atoms with Crippen molar-refractivity contribution in [3.8, 4) is 0 Å². The second kappa shape index (κ2) is 4.38. The van der Waals surface area contributed by atoms with Crippen LogP contribution in [0.1, 0.15) is 18.5 Å². The predicted octanol–water partition coefficient (Wildman–Crippen LogP) is 4.36. The van der Waals surface area contributed by atoms with Crippen LogP contribution in [0, 0.1) is 0 Å². The van der Waals surface area contributed by atoms with E-state index in [0.29, 0.717) is 10.0 Å². The Morgan fingerprint density at radius 1 is 1.46 bits per heavy atom. The third-order valence-electron chi connectivity index (χ3n) is 1.66. The van der Waals surface area contributed by atoms with Crippen molar-refractivity contribution in [1.82, 2.24) is 0 Å². The molecule has 0 unspecified atom stereocenters. The van der Waals surface area contributed by atoms with Crippen molar-refractivity contribution in [2.75, 3.05) is 0 Å². The first kappa shape index (κ1) is 10.2. The van der Waals surface area contributed by atoms with E-state index in [1.807, 2.05) is 0 Å². The fourth-order valence-electron chi connectivity index (χ4n) is 0.983. The third kappa shape index (κ3) is 2.28. The van der Waals surface area contributed by atoms with E-state index in [-0.39, 0.29) is 6.04 Å². The van der Waals surface area contributed by atoms with Crippen LogP contribution in [0.2, 0.25) is 10.0 Å². The average molecular weight is 216 g/mol. The monoisotopic (exact) mass is 215 g/mol. The molecule has 0 bridgehead atoms. The summed E-state index contributed by atoms with van der Waals surface area (Å²) in [6.07, 6.45) is 0. The Kier molecular flexibility index (Phi) is 3.43. The Morgan fingerprint density at radius 2 is 2.15 bits per heavy atom. The molecule has 0 saturated carbocycles. The summed E-state index contributed by atoms with van der Waals surface area (Å²) in [7, 11) is 0. The maximum absolute atomic E-state index is 8.24. The summed E-state index contributed by atoms with van der Waals surface area (Å²) in [5, 5.41) is 4.45. The van der Waals surface area contributed by atoms with Gasteiger partial charge in [0.25, 0.3) is 0 Å². The fourth-order valence-corrected chi connectivity index (χ4v) is 1.45. The quantitative estimate of drug-likeness (QED) is 0.400. The minimum atomic E-state index is -0.295. The number of nitrogens with zero attached hydrogens (tertiary/aromatic N) is 3. The lowest BCUT2D eigenvalue weighted by Gasteiger charge is -2.07. The van der Waals surface area contributed by atoms with E-state index < -0.39 is 0 Å². The molecule has 0 saturated heterocycles. The smallest absolute Gasteiger partial charge is 0.0628 e. The molecule has 0 spiro atoms. The molecular weight excluding hydrogens is 209 g/mol. The highest BCUT2D eigenvalue weighted by Crippen LogP contribution is 2.31. The molecule has 5 heteroatoms. The average Bonchev–Trinajstić information content (AvgIpc) is 2.10. The highest BCUT2D eigenvalue weighted by molar-refractivity contribution is 6.42. The highest BCUT2D eigenvalue weighted by atomic mass is 35.5. The van der Waals surface area contributed by atoms with Gasteiger partial charge in [-0.25, -0.2) is 0 Å². The van der Waals surface area contributed by atoms with E-state index >= 15 is 0 Å². The molecule has 13 heavy (non-hydrogen) atoms. The van der Waals surface area contributed by atoms with E-state index in [4.69, 9.17) is 28.7 Å². The van der Waals surface area contributed by atoms with E-state index in [2.05, 4.69) is 10.0 Å². The minimum absolute atomic E-state index is 0.295. The van der Waals surface area contributed by atoms with Crippen molar-refractivity contribution in [2.45, 2.75) is 13.0 Å². The van der Waals surface area contributed by atoms with Gasteiger partial charge in [-0.15, -0.1) is 0 Å². The van der Waals surface area contributed by atoms with Gasteiger partial charge in [-0.1, -0.05) is 47.4 Å². The zero-order valence-corrected chi connectivity index (χ0v) is 8.42. The lowest BCUT2D eigenvalue weighted by atomic mass is 10.1. The molecule has 3 nitrogen and oxygen atoms in total. The van der Waals surface area contributed by atoms with Gasteiger partial charge in [-0.2, -0.15) is 0 Å². The molecule has 0 heterocycles. The van der Waals surface area contributed by atoms with Crippen molar-refractivity contribution >= 4 is 23.2 Å². The summed E-state index contributed by atoms with van der Waals surface area (Å²) in [5.74, 6) is 0. The Bertz CT molecular complexity index is 358. The molecule has 0 aromatic heterocycles. The second-order valence-electron chi connectivity index (χ2n) is 2.52. The van der Waals surface area contributed by atoms with Crippen LogP contribution in [-0.4, -0.2) is 0 Å². The summed E-state index contributed by atoms with van der Waals surface area (Å²) >= 11 is 11.7. The molecule has 68 valence electrons. The molecule has 0 aliphatic carbocycles. The Balaban J connectivity index is 3.14. The van der Waals surface area contributed by atoms with Crippen molar-refractivity contribution < 1.29 is 0 Å². The summed E-state index contributed by atoms with van der Waals surface area (Å²) in [4.78, 5) is 2.71. The largest absolute Gasteiger partial charge is 0.0861 e. The lowest BCUT2D eigenvalue weighted by Crippen LogP contribution is -1.89. The van der Waals surface area contributed by atoms with Gasteiger partial charge >= 0.3 is 0 Å². The van der Waals surface area contributed by atoms with E-state index in [1.165, 1.54) is 0 Å². The van der Waals surface area contributed by atoms with Gasteiger partial charge in [0, 0.05) is 4.91 Å². The zero-order chi connectivity index (χ0) is 9.84. The van der Waals surface area contributed by atoms with Gasteiger partial charge in [-0.3, -0.25) is 0 Å². The maximum atomic E-state index is 8.24. The van der Waals surface area contributed by atoms with Crippen LogP contribution in [0.5, 0.6) is 0 Å². The summed E-state index contributed by atoms with van der Waals surface area (Å²) in [5.41, 5.74) is 8.98. The van der Waals surface area contributed by atoms with Crippen molar-refractivity contribution in [2.24, 2.45) is 5.11 Å². The number of halogens is 2. The summed E-state index contributed by atoms with van der Waals surface area (Å²) in [6.45, 7) is 1.76. The van der Waals surface area contributed by atoms with Crippen LogP contribution < -0.4 is 0 Å². The van der Waals surface area contributed by atoms with Crippen LogP contribution in [0.3, 0.4) is 0 Å². The zero-order valence-electron chi connectivity index (χ0n) is 6.91. The molecule has 1 aromatic rings. The minimum Gasteiger partial charge on any atom is -0.0861 e. The Hall–Kier alpha value is -0.890. The Labute approximate surface area is 85.9 Å². The summed E-state index contributed by atoms with van der Waals surface area (Å²) < 4.78 is 0. The van der Waals surface area contributed by atoms with Crippen molar-refractivity contribution in [3.63, 3.8) is 0 Å². The highest BCUT2D eigenvalue weighted by Gasteiger charge is 2.09. The fraction of sp³-hybridized carbons (Fsp3) is 0.250. The van der Waals surface area contributed by atoms with Crippen LogP contribution in [0.25, 0.3) is 10.4 Å². The first-order chi connectivity index (χ1) is 6.16. The van der Waals surface area contributed by atoms with Gasteiger partial charge < -0.3 is 0 Å². The molecule has 1 atom stereocenters. The molecule has 1 aromatic carbocycles. The topological polar surface area (TPSA) is 48.8 Å². The molecule has 1 rings (SSSR count). The molecule has 0 aliphatic heterocycles. The van der Waals surface area contributed by atoms with Crippen LogP contribution >= 0.6 is 23.2 Å². The normalized spacial score (nSPS) is 11.9. The first-order valence-corrected chi connectivity index (χ1v) is 4.40. The number of benzene rings is 1. The van der Waals surface area contributed by atoms with Gasteiger partial charge in [0.15, 0.2) is 0 Å². The number of azide groups is 1. The molecule has 0 radical (unpaired) electrons. The van der Waals surface area contributed by atoms with Gasteiger partial charge in [0.05, 0.1) is 16.1 Å². The number of hydrogen-bond acceptors (Lipinski definition) is 1. The van der Waals surface area contributed by atoms with Crippen molar-refractivity contribution in [1.29, 1.82) is 0 Å². The predicted molar refractivity (Wildman–Crippen MR) is 54.0 cm³/mol. The van der Waals surface area contributed by atoms with E-state index in [1.54, 1.807) is 25.1 Å². The van der Waals surface area contributed by atoms with E-state index in [0.717, 1.165) is 5.56 Å². The number of rotatable bonds is 2. The molecular formula is C8H7Cl2N3. The standard InChI is InChI=1S/C8H7Cl2N3/c1-5(12-13-11)6-3-2-4-7(9)8(6)10/h2-5H,1H3/t5-/m0/s1. The van der Waals surface area contributed by atoms with Crippen LogP contribution in [0.4, 0.5) is 0 Å². The summed E-state index contributed by atoms with van der Waals surface area (Å²) in [6, 6.07) is 4.95. The first-order valence-electron chi connectivity index (χ1n) is 3.65. The van der Waals surface area contributed by atoms with Crippen LogP contribution in [-0.2, 0) is 0 Å². The molecule has 0 aliphatic rings. The SMILES string of the molecule is C[C@H](N=[N+]=[N-])c1cccc(Cl)c1Cl. The van der Waals surface area contributed by atoms with E-state index in [9.17, 15) is 0 Å². The number of hydrogen-bond donors (Lipinski definition) is 0. The molecule has 0 fully saturated rings. The lowest BCUT2D eigenvalue weighted by molar-refractivity contribution is 0.808. The molecule has 0 N–H and O–H groups in total. The molecule has 0 amide bonds. The van der Waals surface area contributed by atoms with Gasteiger partial charge in [0.1, 0.15) is 0 Å². The van der Waals surface area contributed by atoms with Crippen LogP contribution in [0.15, 0.2) is 23.3 Å². The van der Waals surface area contributed by atoms with Gasteiger partial charge in [-0.05, 0) is 17.2 Å². The Morgan fingerprint density at radius 3 is 2.77 bits per heavy atom. The third-order valence-corrected chi connectivity index (χ3v) is 2.49. The maximum Gasteiger partial charge on any atom is 0.0628 e. The van der Waals surface area contributed by atoms with Gasteiger partial charge in [0.2, 0.25) is 0 Å². The van der Waals surface area contributed by atoms with Crippen molar-refractivity contribution in [3.05, 3.63) is 44.3 Å².